The molecule has 1 aromatic heterocycles. The SMILES string of the molecule is COc1cc(CN(C)C(=O)C2CCN(C(=O)c3cccs3)CC2)ccc1OC(F)F. The lowest BCUT2D eigenvalue weighted by molar-refractivity contribution is -0.136. The number of hydrogen-bond acceptors (Lipinski definition) is 5. The van der Waals surface area contributed by atoms with Crippen LogP contribution in [0.3, 0.4) is 0 Å². The van der Waals surface area contributed by atoms with Gasteiger partial charge in [0.05, 0.1) is 12.0 Å². The number of halogens is 2. The quantitative estimate of drug-likeness (QED) is 0.659. The molecule has 9 heteroatoms. The Bertz CT molecular complexity index is 868. The van der Waals surface area contributed by atoms with Crippen LogP contribution in [0, 0.1) is 5.92 Å². The van der Waals surface area contributed by atoms with Gasteiger partial charge in [-0.15, -0.1) is 11.3 Å². The van der Waals surface area contributed by atoms with Crippen molar-refractivity contribution in [1.82, 2.24) is 9.80 Å². The number of thiophene rings is 1. The minimum absolute atomic E-state index is 0.00472. The van der Waals surface area contributed by atoms with E-state index in [0.717, 1.165) is 5.56 Å². The van der Waals surface area contributed by atoms with Gasteiger partial charge in [-0.3, -0.25) is 9.59 Å². The summed E-state index contributed by atoms with van der Waals surface area (Å²) in [6.07, 6.45) is 1.23. The number of methoxy groups -OCH3 is 1. The molecule has 3 rings (SSSR count). The molecule has 1 aromatic carbocycles. The van der Waals surface area contributed by atoms with Crippen molar-refractivity contribution in [3.63, 3.8) is 0 Å². The fourth-order valence-corrected chi connectivity index (χ4v) is 4.24. The molecular weight excluding hydrogens is 414 g/mol. The molecular formula is C21H24F2N2O4S. The number of carbonyl (C=O) groups excluding carboxylic acids is 2. The number of likely N-dealkylation sites (tertiary alicyclic amines) is 1. The summed E-state index contributed by atoms with van der Waals surface area (Å²) >= 11 is 1.42. The molecule has 2 heterocycles. The van der Waals surface area contributed by atoms with Crippen LogP contribution in [-0.2, 0) is 11.3 Å². The number of benzene rings is 1. The van der Waals surface area contributed by atoms with Gasteiger partial charge in [-0.05, 0) is 42.0 Å². The Morgan fingerprint density at radius 3 is 2.57 bits per heavy atom. The van der Waals surface area contributed by atoms with Crippen LogP contribution >= 0.6 is 11.3 Å². The number of alkyl halides is 2. The monoisotopic (exact) mass is 438 g/mol. The topological polar surface area (TPSA) is 59.1 Å². The van der Waals surface area contributed by atoms with Crippen molar-refractivity contribution >= 4 is 23.2 Å². The highest BCUT2D eigenvalue weighted by atomic mass is 32.1. The van der Waals surface area contributed by atoms with E-state index in [1.165, 1.54) is 24.5 Å². The van der Waals surface area contributed by atoms with Crippen molar-refractivity contribution < 1.29 is 27.8 Å². The summed E-state index contributed by atoms with van der Waals surface area (Å²) < 4.78 is 34.5. The third-order valence-corrected chi connectivity index (χ3v) is 5.96. The second-order valence-electron chi connectivity index (χ2n) is 7.10. The van der Waals surface area contributed by atoms with E-state index in [1.54, 1.807) is 29.0 Å². The molecule has 0 N–H and O–H groups in total. The molecule has 1 aliphatic rings. The number of hydrogen-bond donors (Lipinski definition) is 0. The molecule has 0 saturated carbocycles. The van der Waals surface area contributed by atoms with Gasteiger partial charge in [0.2, 0.25) is 5.91 Å². The van der Waals surface area contributed by atoms with Gasteiger partial charge >= 0.3 is 6.61 Å². The number of amides is 2. The van der Waals surface area contributed by atoms with Crippen LogP contribution in [0.15, 0.2) is 35.7 Å². The second kappa shape index (κ2) is 9.88. The average molecular weight is 438 g/mol. The minimum Gasteiger partial charge on any atom is -0.493 e. The predicted octanol–water partition coefficient (Wildman–Crippen LogP) is 3.87. The van der Waals surface area contributed by atoms with E-state index in [2.05, 4.69) is 4.74 Å². The summed E-state index contributed by atoms with van der Waals surface area (Å²) in [6.45, 7) is -1.52. The minimum atomic E-state index is -2.94. The Morgan fingerprint density at radius 2 is 1.97 bits per heavy atom. The lowest BCUT2D eigenvalue weighted by Crippen LogP contribution is -2.43. The van der Waals surface area contributed by atoms with Gasteiger partial charge in [0.1, 0.15) is 0 Å². The Morgan fingerprint density at radius 1 is 1.23 bits per heavy atom. The standard InChI is InChI=1S/C21H24F2N2O4S/c1-24(13-14-5-6-16(29-21(22)23)17(12-14)28-2)19(26)15-7-9-25(10-8-15)20(27)18-4-3-11-30-18/h3-6,11-12,15,21H,7-10,13H2,1-2H3. The summed E-state index contributed by atoms with van der Waals surface area (Å²) in [5.74, 6) is 0.0142. The average Bonchev–Trinajstić information content (AvgIpc) is 3.28. The van der Waals surface area contributed by atoms with Crippen LogP contribution < -0.4 is 9.47 Å². The van der Waals surface area contributed by atoms with Crippen LogP contribution in [0.2, 0.25) is 0 Å². The van der Waals surface area contributed by atoms with Crippen LogP contribution in [0.1, 0.15) is 28.1 Å². The Labute approximate surface area is 178 Å². The fraction of sp³-hybridized carbons (Fsp3) is 0.429. The molecule has 30 heavy (non-hydrogen) atoms. The lowest BCUT2D eigenvalue weighted by Gasteiger charge is -2.33. The normalized spacial score (nSPS) is 14.6. The molecule has 2 amide bonds. The Kier molecular flexibility index (Phi) is 7.25. The molecule has 1 fully saturated rings. The molecule has 0 bridgehead atoms. The van der Waals surface area contributed by atoms with Crippen LogP contribution in [0.25, 0.3) is 0 Å². The number of piperidine rings is 1. The highest BCUT2D eigenvalue weighted by molar-refractivity contribution is 7.12. The first-order chi connectivity index (χ1) is 14.4. The zero-order valence-corrected chi connectivity index (χ0v) is 17.7. The molecule has 2 aromatic rings. The second-order valence-corrected chi connectivity index (χ2v) is 8.05. The molecule has 0 atom stereocenters. The summed E-state index contributed by atoms with van der Waals surface area (Å²) in [5, 5.41) is 1.87. The predicted molar refractivity (Wildman–Crippen MR) is 109 cm³/mol. The van der Waals surface area contributed by atoms with E-state index in [9.17, 15) is 18.4 Å². The van der Waals surface area contributed by atoms with Crippen molar-refractivity contribution in [3.05, 3.63) is 46.2 Å². The molecule has 0 aliphatic carbocycles. The van der Waals surface area contributed by atoms with Gasteiger partial charge in [-0.25, -0.2) is 0 Å². The first kappa shape index (κ1) is 22.0. The molecule has 162 valence electrons. The molecule has 0 radical (unpaired) electrons. The van der Waals surface area contributed by atoms with Crippen molar-refractivity contribution in [2.75, 3.05) is 27.2 Å². The molecule has 6 nitrogen and oxygen atoms in total. The van der Waals surface area contributed by atoms with Gasteiger partial charge in [0.15, 0.2) is 11.5 Å². The fourth-order valence-electron chi connectivity index (χ4n) is 3.55. The third kappa shape index (κ3) is 5.27. The summed E-state index contributed by atoms with van der Waals surface area (Å²) in [7, 11) is 3.08. The van der Waals surface area contributed by atoms with Crippen LogP contribution in [0.5, 0.6) is 11.5 Å². The maximum Gasteiger partial charge on any atom is 0.387 e. The van der Waals surface area contributed by atoms with Crippen molar-refractivity contribution in [3.8, 4) is 11.5 Å². The largest absolute Gasteiger partial charge is 0.493 e. The Hall–Kier alpha value is -2.68. The maximum atomic E-state index is 12.8. The third-order valence-electron chi connectivity index (χ3n) is 5.10. The zero-order valence-electron chi connectivity index (χ0n) is 16.8. The summed E-state index contributed by atoms with van der Waals surface area (Å²) in [6, 6.07) is 8.29. The molecule has 0 spiro atoms. The number of nitrogens with zero attached hydrogens (tertiary/aromatic N) is 2. The van der Waals surface area contributed by atoms with Gasteiger partial charge in [0, 0.05) is 32.6 Å². The molecule has 1 saturated heterocycles. The molecule has 1 aliphatic heterocycles. The first-order valence-corrected chi connectivity index (χ1v) is 10.5. The van der Waals surface area contributed by atoms with Gasteiger partial charge in [-0.2, -0.15) is 8.78 Å². The van der Waals surface area contributed by atoms with Gasteiger partial charge < -0.3 is 19.3 Å². The number of carbonyl (C=O) groups is 2. The van der Waals surface area contributed by atoms with Gasteiger partial charge in [0.25, 0.3) is 5.91 Å². The number of ether oxygens (including phenoxy) is 2. The van der Waals surface area contributed by atoms with E-state index < -0.39 is 6.61 Å². The highest BCUT2D eigenvalue weighted by Gasteiger charge is 2.29. The van der Waals surface area contributed by atoms with Gasteiger partial charge in [-0.1, -0.05) is 12.1 Å². The van der Waals surface area contributed by atoms with Crippen molar-refractivity contribution in [2.24, 2.45) is 5.92 Å². The maximum absolute atomic E-state index is 12.8. The van der Waals surface area contributed by atoms with E-state index >= 15 is 0 Å². The smallest absolute Gasteiger partial charge is 0.387 e. The van der Waals surface area contributed by atoms with Crippen molar-refractivity contribution in [2.45, 2.75) is 26.0 Å². The van der Waals surface area contributed by atoms with E-state index in [0.29, 0.717) is 37.4 Å². The number of rotatable bonds is 7. The molecule has 0 unspecified atom stereocenters. The van der Waals surface area contributed by atoms with E-state index in [-0.39, 0.29) is 29.2 Å². The lowest BCUT2D eigenvalue weighted by atomic mass is 9.95. The highest BCUT2D eigenvalue weighted by Crippen LogP contribution is 2.30. The van der Waals surface area contributed by atoms with E-state index in [1.807, 2.05) is 17.5 Å². The Balaban J connectivity index is 1.55. The summed E-state index contributed by atoms with van der Waals surface area (Å²) in [4.78, 5) is 29.4. The van der Waals surface area contributed by atoms with Crippen molar-refractivity contribution in [1.29, 1.82) is 0 Å². The van der Waals surface area contributed by atoms with Crippen LogP contribution in [-0.4, -0.2) is 55.5 Å². The van der Waals surface area contributed by atoms with E-state index in [4.69, 9.17) is 4.74 Å². The zero-order chi connectivity index (χ0) is 21.7. The first-order valence-electron chi connectivity index (χ1n) is 9.58. The van der Waals surface area contributed by atoms with Crippen LogP contribution in [0.4, 0.5) is 8.78 Å². The summed E-state index contributed by atoms with van der Waals surface area (Å²) in [5.41, 5.74) is 0.745.